The lowest BCUT2D eigenvalue weighted by molar-refractivity contribution is -0.127. The molecule has 3 aromatic carbocycles. The number of thioether (sulfide) groups is 1. The fraction of sp³-hybridized carbons (Fsp3) is 0.269. The molecular weight excluding hydrogens is 390 g/mol. The zero-order valence-corrected chi connectivity index (χ0v) is 18.5. The third-order valence-electron chi connectivity index (χ3n) is 5.24. The van der Waals surface area contributed by atoms with Gasteiger partial charge in [0.1, 0.15) is 5.75 Å². The zero-order chi connectivity index (χ0) is 21.2. The minimum absolute atomic E-state index is 0.212. The molecule has 1 fully saturated rings. The first-order valence-electron chi connectivity index (χ1n) is 10.3. The van der Waals surface area contributed by atoms with Crippen molar-refractivity contribution >= 4 is 23.4 Å². The molecule has 0 spiro atoms. The third kappa shape index (κ3) is 6.14. The van der Waals surface area contributed by atoms with Crippen molar-refractivity contribution in [2.45, 2.75) is 24.2 Å². The van der Waals surface area contributed by atoms with E-state index in [9.17, 15) is 4.79 Å². The van der Waals surface area contributed by atoms with Crippen LogP contribution in [0.4, 0.5) is 5.69 Å². The van der Waals surface area contributed by atoms with Crippen LogP contribution < -0.4 is 9.64 Å². The summed E-state index contributed by atoms with van der Waals surface area (Å²) in [5.74, 6) is 1.40. The van der Waals surface area contributed by atoms with Gasteiger partial charge in [0.15, 0.2) is 0 Å². The van der Waals surface area contributed by atoms with Crippen molar-refractivity contribution < 1.29 is 9.53 Å². The van der Waals surface area contributed by atoms with Crippen molar-refractivity contribution in [3.63, 3.8) is 0 Å². The van der Waals surface area contributed by atoms with E-state index in [-0.39, 0.29) is 11.8 Å². The normalized spacial score (nSPS) is 15.1. The second-order valence-electron chi connectivity index (χ2n) is 7.24. The van der Waals surface area contributed by atoms with Gasteiger partial charge in [0, 0.05) is 17.1 Å². The van der Waals surface area contributed by atoms with Gasteiger partial charge in [-0.1, -0.05) is 48.5 Å². The van der Waals surface area contributed by atoms with Crippen LogP contribution in [0, 0.1) is 5.92 Å². The van der Waals surface area contributed by atoms with Crippen molar-refractivity contribution in [1.82, 2.24) is 0 Å². The highest BCUT2D eigenvalue weighted by molar-refractivity contribution is 7.98. The quantitative estimate of drug-likeness (QED) is 0.343. The van der Waals surface area contributed by atoms with E-state index >= 15 is 0 Å². The summed E-state index contributed by atoms with van der Waals surface area (Å²) in [6, 6.07) is 28.4. The monoisotopic (exact) mass is 419 g/mol. The average molecular weight is 420 g/mol. The van der Waals surface area contributed by atoms with Crippen LogP contribution in [0.3, 0.4) is 0 Å². The number of carbonyl (C=O) groups is 1. The van der Waals surface area contributed by atoms with E-state index in [1.54, 1.807) is 18.9 Å². The SMILES string of the molecule is COc1ccccc1.CSc1ccc(N2CC(CCCc3ccccc3)C2=O)cc1. The number of anilines is 1. The molecule has 3 aromatic rings. The van der Waals surface area contributed by atoms with Crippen LogP contribution in [0.25, 0.3) is 0 Å². The van der Waals surface area contributed by atoms with Crippen molar-refractivity contribution in [3.05, 3.63) is 90.5 Å². The minimum atomic E-state index is 0.212. The van der Waals surface area contributed by atoms with Crippen molar-refractivity contribution in [2.75, 3.05) is 24.8 Å². The number of nitrogens with zero attached hydrogens (tertiary/aromatic N) is 1. The Morgan fingerprint density at radius 1 is 0.933 bits per heavy atom. The Hall–Kier alpha value is -2.72. The zero-order valence-electron chi connectivity index (χ0n) is 17.7. The lowest BCUT2D eigenvalue weighted by atomic mass is 9.91. The number of hydrogen-bond acceptors (Lipinski definition) is 3. The summed E-state index contributed by atoms with van der Waals surface area (Å²) in [5.41, 5.74) is 2.39. The van der Waals surface area contributed by atoms with E-state index in [1.165, 1.54) is 10.5 Å². The summed E-state index contributed by atoms with van der Waals surface area (Å²) in [6.07, 6.45) is 5.20. The van der Waals surface area contributed by atoms with Gasteiger partial charge in [0.25, 0.3) is 0 Å². The molecule has 1 heterocycles. The molecule has 0 radical (unpaired) electrons. The predicted molar refractivity (Wildman–Crippen MR) is 126 cm³/mol. The highest BCUT2D eigenvalue weighted by atomic mass is 32.2. The standard InChI is InChI=1S/C19H21NOS.C7H8O/c1-22-18-12-10-17(11-13-18)20-14-16(19(20)21)9-5-8-15-6-3-2-4-7-15;1-8-7-5-3-2-4-6-7/h2-4,6-7,10-13,16H,5,8-9,14H2,1H3;2-6H,1H3. The van der Waals surface area contributed by atoms with E-state index in [0.29, 0.717) is 0 Å². The minimum Gasteiger partial charge on any atom is -0.497 e. The number of methoxy groups -OCH3 is 1. The Balaban J connectivity index is 0.000000269. The predicted octanol–water partition coefficient (Wildman–Crippen LogP) is 6.09. The Bertz CT molecular complexity index is 897. The van der Waals surface area contributed by atoms with Crippen molar-refractivity contribution in [2.24, 2.45) is 5.92 Å². The van der Waals surface area contributed by atoms with Crippen LogP contribution in [0.1, 0.15) is 18.4 Å². The lowest BCUT2D eigenvalue weighted by Gasteiger charge is -2.38. The maximum Gasteiger partial charge on any atom is 0.231 e. The Morgan fingerprint density at radius 2 is 1.57 bits per heavy atom. The van der Waals surface area contributed by atoms with E-state index in [1.807, 2.05) is 53.4 Å². The largest absolute Gasteiger partial charge is 0.497 e. The molecule has 30 heavy (non-hydrogen) atoms. The molecule has 0 bridgehead atoms. The summed E-state index contributed by atoms with van der Waals surface area (Å²) >= 11 is 1.72. The summed E-state index contributed by atoms with van der Waals surface area (Å²) in [4.78, 5) is 15.4. The first-order valence-corrected chi connectivity index (χ1v) is 11.5. The molecule has 0 N–H and O–H groups in total. The van der Waals surface area contributed by atoms with Gasteiger partial charge in [-0.3, -0.25) is 4.79 Å². The molecule has 0 aliphatic carbocycles. The van der Waals surface area contributed by atoms with Gasteiger partial charge in [-0.05, 0) is 67.5 Å². The molecule has 156 valence electrons. The number of hydrogen-bond donors (Lipinski definition) is 0. The van der Waals surface area contributed by atoms with Crippen LogP contribution >= 0.6 is 11.8 Å². The van der Waals surface area contributed by atoms with Crippen LogP contribution in [-0.4, -0.2) is 25.8 Å². The highest BCUT2D eigenvalue weighted by Gasteiger charge is 2.36. The molecule has 1 atom stereocenters. The summed E-state index contributed by atoms with van der Waals surface area (Å²) in [7, 11) is 1.66. The topological polar surface area (TPSA) is 29.5 Å². The molecule has 1 saturated heterocycles. The second-order valence-corrected chi connectivity index (χ2v) is 8.12. The first-order chi connectivity index (χ1) is 14.7. The molecule has 1 amide bonds. The van der Waals surface area contributed by atoms with E-state index < -0.39 is 0 Å². The smallest absolute Gasteiger partial charge is 0.231 e. The molecule has 3 nitrogen and oxygen atoms in total. The van der Waals surface area contributed by atoms with Crippen LogP contribution in [0.15, 0.2) is 89.8 Å². The molecule has 4 heteroatoms. The number of para-hydroxylation sites is 1. The van der Waals surface area contributed by atoms with Crippen molar-refractivity contribution in [3.8, 4) is 5.75 Å². The maximum atomic E-state index is 12.3. The fourth-order valence-corrected chi connectivity index (χ4v) is 3.87. The van der Waals surface area contributed by atoms with Gasteiger partial charge in [0.05, 0.1) is 13.0 Å². The maximum absolute atomic E-state index is 12.3. The van der Waals surface area contributed by atoms with E-state index in [4.69, 9.17) is 4.74 Å². The molecule has 1 aliphatic heterocycles. The Morgan fingerprint density at radius 3 is 2.10 bits per heavy atom. The highest BCUT2D eigenvalue weighted by Crippen LogP contribution is 2.30. The number of benzene rings is 3. The number of ether oxygens (including phenoxy) is 1. The van der Waals surface area contributed by atoms with Gasteiger partial charge in [0.2, 0.25) is 5.91 Å². The summed E-state index contributed by atoms with van der Waals surface area (Å²) in [5, 5.41) is 0. The number of amides is 1. The Kier molecular flexibility index (Phi) is 8.40. The van der Waals surface area contributed by atoms with Crippen molar-refractivity contribution in [1.29, 1.82) is 0 Å². The summed E-state index contributed by atoms with van der Waals surface area (Å²) in [6.45, 7) is 0.867. The summed E-state index contributed by atoms with van der Waals surface area (Å²) < 4.78 is 4.91. The van der Waals surface area contributed by atoms with E-state index in [0.717, 1.165) is 37.2 Å². The lowest BCUT2D eigenvalue weighted by Crippen LogP contribution is -2.52. The van der Waals surface area contributed by atoms with Gasteiger partial charge >= 0.3 is 0 Å². The van der Waals surface area contributed by atoms with Gasteiger partial charge in [-0.15, -0.1) is 11.8 Å². The van der Waals surface area contributed by atoms with Crippen LogP contribution in [0.5, 0.6) is 5.75 Å². The number of β-lactam (4-membered cyclic amide) rings is 1. The second kappa shape index (κ2) is 11.5. The van der Waals surface area contributed by atoms with Gasteiger partial charge < -0.3 is 9.64 Å². The van der Waals surface area contributed by atoms with Gasteiger partial charge in [-0.2, -0.15) is 0 Å². The Labute approximate surface area is 184 Å². The van der Waals surface area contributed by atoms with Crippen LogP contribution in [0.2, 0.25) is 0 Å². The fourth-order valence-electron chi connectivity index (χ4n) is 3.46. The molecule has 0 aromatic heterocycles. The third-order valence-corrected chi connectivity index (χ3v) is 5.99. The molecule has 1 unspecified atom stereocenters. The molecule has 4 rings (SSSR count). The molecular formula is C26H29NO2S. The van der Waals surface area contributed by atoms with Gasteiger partial charge in [-0.25, -0.2) is 0 Å². The van der Waals surface area contributed by atoms with E-state index in [2.05, 4.69) is 42.7 Å². The molecule has 1 aliphatic rings. The number of rotatable bonds is 7. The number of carbonyl (C=O) groups excluding carboxylic acids is 1. The average Bonchev–Trinajstić information content (AvgIpc) is 2.82. The van der Waals surface area contributed by atoms with Crippen LogP contribution in [-0.2, 0) is 11.2 Å². The molecule has 0 saturated carbocycles. The first kappa shape index (κ1) is 22.0. The number of aryl methyl sites for hydroxylation is 1.